The van der Waals surface area contributed by atoms with E-state index in [-0.39, 0.29) is 18.1 Å². The van der Waals surface area contributed by atoms with Crippen LogP contribution in [-0.4, -0.2) is 24.8 Å². The van der Waals surface area contributed by atoms with E-state index in [9.17, 15) is 9.18 Å². The van der Waals surface area contributed by atoms with Crippen molar-refractivity contribution in [2.75, 3.05) is 0 Å². The summed E-state index contributed by atoms with van der Waals surface area (Å²) in [6.45, 7) is 1.80. The Labute approximate surface area is 131 Å². The van der Waals surface area contributed by atoms with Gasteiger partial charge in [-0.05, 0) is 31.2 Å². The van der Waals surface area contributed by atoms with Gasteiger partial charge in [0.2, 0.25) is 5.91 Å². The monoisotopic (exact) mass is 308 g/mol. The molecule has 0 radical (unpaired) electrons. The first kappa shape index (κ1) is 13.6. The van der Waals surface area contributed by atoms with Crippen LogP contribution in [0.3, 0.4) is 0 Å². The zero-order valence-corrected chi connectivity index (χ0v) is 12.4. The molecule has 0 aliphatic rings. The number of fused-ring (bicyclic) bond motifs is 2. The van der Waals surface area contributed by atoms with Crippen LogP contribution in [0.15, 0.2) is 48.8 Å². The third-order valence-electron chi connectivity index (χ3n) is 3.78. The molecule has 0 bridgehead atoms. The Morgan fingerprint density at radius 1 is 1.13 bits per heavy atom. The van der Waals surface area contributed by atoms with Crippen molar-refractivity contribution in [3.05, 3.63) is 66.1 Å². The molecule has 4 aromatic rings. The van der Waals surface area contributed by atoms with Gasteiger partial charge in [0.25, 0.3) is 0 Å². The van der Waals surface area contributed by atoms with Crippen LogP contribution in [0.25, 0.3) is 16.7 Å². The highest BCUT2D eigenvalue weighted by Crippen LogP contribution is 2.16. The van der Waals surface area contributed by atoms with Gasteiger partial charge in [-0.3, -0.25) is 9.36 Å². The summed E-state index contributed by atoms with van der Waals surface area (Å²) in [7, 11) is 0. The number of carbonyl (C=O) groups is 1. The molecule has 3 heterocycles. The molecule has 0 aliphatic heterocycles. The molecule has 0 saturated heterocycles. The lowest BCUT2D eigenvalue weighted by molar-refractivity contribution is 0.0915. The number of aryl methyl sites for hydroxylation is 1. The van der Waals surface area contributed by atoms with Crippen LogP contribution < -0.4 is 0 Å². The number of pyridine rings is 1. The highest BCUT2D eigenvalue weighted by molar-refractivity contribution is 5.92. The van der Waals surface area contributed by atoms with Crippen LogP contribution in [0.2, 0.25) is 0 Å². The molecule has 0 aliphatic carbocycles. The van der Waals surface area contributed by atoms with Gasteiger partial charge in [0, 0.05) is 12.4 Å². The number of benzene rings is 1. The molecule has 114 valence electrons. The van der Waals surface area contributed by atoms with E-state index in [2.05, 4.69) is 9.97 Å². The molecule has 0 unspecified atom stereocenters. The summed E-state index contributed by atoms with van der Waals surface area (Å²) in [5, 5.41) is 0. The maximum Gasteiger partial charge on any atom is 0.238 e. The largest absolute Gasteiger partial charge is 0.304 e. The van der Waals surface area contributed by atoms with E-state index in [4.69, 9.17) is 0 Å². The number of para-hydroxylation sites is 2. The van der Waals surface area contributed by atoms with Crippen molar-refractivity contribution >= 4 is 22.6 Å². The van der Waals surface area contributed by atoms with Crippen LogP contribution in [0.1, 0.15) is 16.3 Å². The second-order valence-electron chi connectivity index (χ2n) is 5.40. The molecule has 4 rings (SSSR count). The Morgan fingerprint density at radius 2 is 1.96 bits per heavy atom. The normalized spacial score (nSPS) is 11.4. The number of hydrogen-bond acceptors (Lipinski definition) is 3. The molecule has 0 saturated carbocycles. The summed E-state index contributed by atoms with van der Waals surface area (Å²) in [5.74, 6) is 0.190. The third kappa shape index (κ3) is 2.28. The lowest BCUT2D eigenvalue weighted by Gasteiger charge is -2.03. The SMILES string of the molecule is Cc1nc2ccccc2n1C(=O)Cc1cn2cc(F)ccc2n1. The van der Waals surface area contributed by atoms with Crippen molar-refractivity contribution in [3.8, 4) is 0 Å². The van der Waals surface area contributed by atoms with E-state index >= 15 is 0 Å². The molecule has 0 amide bonds. The Kier molecular flexibility index (Phi) is 2.97. The van der Waals surface area contributed by atoms with Gasteiger partial charge in [-0.25, -0.2) is 14.4 Å². The predicted octanol–water partition coefficient (Wildman–Crippen LogP) is 3.01. The predicted molar refractivity (Wildman–Crippen MR) is 84.0 cm³/mol. The number of imidazole rings is 2. The summed E-state index contributed by atoms with van der Waals surface area (Å²) in [5.41, 5.74) is 2.78. The second-order valence-corrected chi connectivity index (χ2v) is 5.40. The van der Waals surface area contributed by atoms with E-state index in [0.717, 1.165) is 11.0 Å². The van der Waals surface area contributed by atoms with Crippen molar-refractivity contribution < 1.29 is 9.18 Å². The molecule has 23 heavy (non-hydrogen) atoms. The van der Waals surface area contributed by atoms with Crippen LogP contribution in [0.5, 0.6) is 0 Å². The minimum Gasteiger partial charge on any atom is -0.304 e. The first-order valence-corrected chi connectivity index (χ1v) is 7.22. The Hall–Kier alpha value is -3.02. The summed E-state index contributed by atoms with van der Waals surface area (Å²) in [6.07, 6.45) is 3.14. The van der Waals surface area contributed by atoms with E-state index in [1.54, 1.807) is 28.2 Å². The highest BCUT2D eigenvalue weighted by atomic mass is 19.1. The molecule has 5 nitrogen and oxygen atoms in total. The van der Waals surface area contributed by atoms with Crippen molar-refractivity contribution in [1.29, 1.82) is 0 Å². The van der Waals surface area contributed by atoms with Crippen molar-refractivity contribution in [3.63, 3.8) is 0 Å². The fraction of sp³-hybridized carbons (Fsp3) is 0.118. The van der Waals surface area contributed by atoms with Crippen LogP contribution in [-0.2, 0) is 6.42 Å². The molecule has 0 fully saturated rings. The van der Waals surface area contributed by atoms with Crippen LogP contribution in [0.4, 0.5) is 4.39 Å². The lowest BCUT2D eigenvalue weighted by Crippen LogP contribution is -2.15. The van der Waals surface area contributed by atoms with E-state index in [0.29, 0.717) is 17.2 Å². The molecular formula is C17H13FN4O. The summed E-state index contributed by atoms with van der Waals surface area (Å²) < 4.78 is 16.4. The van der Waals surface area contributed by atoms with Crippen LogP contribution in [0, 0.1) is 12.7 Å². The second kappa shape index (κ2) is 5.01. The number of nitrogens with zero attached hydrogens (tertiary/aromatic N) is 4. The van der Waals surface area contributed by atoms with Crippen molar-refractivity contribution in [2.45, 2.75) is 13.3 Å². The standard InChI is InChI=1S/C17H13FN4O/c1-11-19-14-4-2-3-5-15(14)22(11)17(23)8-13-10-21-9-12(18)6-7-16(21)20-13/h2-7,9-10H,8H2,1H3. The van der Waals surface area contributed by atoms with Gasteiger partial charge < -0.3 is 4.40 Å². The first-order valence-electron chi connectivity index (χ1n) is 7.22. The quantitative estimate of drug-likeness (QED) is 0.572. The fourth-order valence-electron chi connectivity index (χ4n) is 2.80. The van der Waals surface area contributed by atoms with Crippen molar-refractivity contribution in [1.82, 2.24) is 18.9 Å². The molecular weight excluding hydrogens is 295 g/mol. The number of halogens is 1. The number of hydrogen-bond donors (Lipinski definition) is 0. The number of rotatable bonds is 2. The first-order chi connectivity index (χ1) is 11.1. The Morgan fingerprint density at radius 3 is 2.83 bits per heavy atom. The molecule has 0 N–H and O–H groups in total. The molecule has 0 atom stereocenters. The van der Waals surface area contributed by atoms with Gasteiger partial charge in [0.05, 0.1) is 23.1 Å². The van der Waals surface area contributed by atoms with Crippen LogP contribution >= 0.6 is 0 Å². The minimum absolute atomic E-state index is 0.111. The maximum absolute atomic E-state index is 13.2. The average molecular weight is 308 g/mol. The van der Waals surface area contributed by atoms with Crippen molar-refractivity contribution in [2.24, 2.45) is 0 Å². The zero-order chi connectivity index (χ0) is 16.0. The summed E-state index contributed by atoms with van der Waals surface area (Å²) >= 11 is 0. The van der Waals surface area contributed by atoms with Gasteiger partial charge in [-0.1, -0.05) is 12.1 Å². The molecule has 0 spiro atoms. The molecule has 1 aromatic carbocycles. The minimum atomic E-state index is -0.343. The highest BCUT2D eigenvalue weighted by Gasteiger charge is 2.15. The van der Waals surface area contributed by atoms with E-state index < -0.39 is 0 Å². The summed E-state index contributed by atoms with van der Waals surface area (Å²) in [4.78, 5) is 21.4. The van der Waals surface area contributed by atoms with Gasteiger partial charge in [0.15, 0.2) is 0 Å². The summed E-state index contributed by atoms with van der Waals surface area (Å²) in [6, 6.07) is 10.4. The maximum atomic E-state index is 13.2. The Balaban J connectivity index is 1.72. The van der Waals surface area contributed by atoms with Gasteiger partial charge in [-0.15, -0.1) is 0 Å². The smallest absolute Gasteiger partial charge is 0.238 e. The van der Waals surface area contributed by atoms with Gasteiger partial charge in [-0.2, -0.15) is 0 Å². The topological polar surface area (TPSA) is 52.2 Å². The van der Waals surface area contributed by atoms with Gasteiger partial charge >= 0.3 is 0 Å². The van der Waals surface area contributed by atoms with E-state index in [1.807, 2.05) is 24.3 Å². The van der Waals surface area contributed by atoms with Gasteiger partial charge in [0.1, 0.15) is 17.3 Å². The molecule has 6 heteroatoms. The third-order valence-corrected chi connectivity index (χ3v) is 3.78. The average Bonchev–Trinajstić information content (AvgIpc) is 3.05. The fourth-order valence-corrected chi connectivity index (χ4v) is 2.80. The molecule has 3 aromatic heterocycles. The Bertz CT molecular complexity index is 1050. The number of carbonyl (C=O) groups excluding carboxylic acids is 1. The number of aromatic nitrogens is 4. The zero-order valence-electron chi connectivity index (χ0n) is 12.4. The lowest BCUT2D eigenvalue weighted by atomic mass is 10.3. The van der Waals surface area contributed by atoms with E-state index in [1.165, 1.54) is 12.3 Å².